The zero-order valence-electron chi connectivity index (χ0n) is 7.77. The van der Waals surface area contributed by atoms with Crippen molar-refractivity contribution in [1.82, 2.24) is 5.32 Å². The molecule has 0 spiro atoms. The van der Waals surface area contributed by atoms with Gasteiger partial charge in [-0.1, -0.05) is 0 Å². The van der Waals surface area contributed by atoms with Crippen LogP contribution < -0.4 is 5.32 Å². The number of rotatable bonds is 3. The molecule has 0 radical (unpaired) electrons. The summed E-state index contributed by atoms with van der Waals surface area (Å²) in [7, 11) is 0. The molecular formula is C8H13NO4S. The molecule has 0 saturated carbocycles. The fourth-order valence-electron chi connectivity index (χ4n) is 1.23. The Kier molecular flexibility index (Phi) is 3.77. The highest BCUT2D eigenvalue weighted by Gasteiger charge is 2.33. The molecule has 2 N–H and O–H groups in total. The second-order valence-corrected chi connectivity index (χ2v) is 3.87. The molecule has 3 unspecified atom stereocenters. The summed E-state index contributed by atoms with van der Waals surface area (Å²) < 4.78 is 4.72. The normalized spacial score (nSPS) is 28.4. The maximum Gasteiger partial charge on any atom is 0.344 e. The molecule has 0 aromatic carbocycles. The molecule has 0 amide bonds. The fraction of sp³-hybridized carbons (Fsp3) is 0.750. The van der Waals surface area contributed by atoms with Crippen LogP contribution in [0.2, 0.25) is 0 Å². The van der Waals surface area contributed by atoms with Gasteiger partial charge < -0.3 is 15.2 Å². The predicted octanol–water partition coefficient (Wildman–Crippen LogP) is -0.337. The Hall–Kier alpha value is -0.750. The third-order valence-corrected chi connectivity index (χ3v) is 2.64. The highest BCUT2D eigenvalue weighted by molar-refractivity contribution is 7.81. The molecule has 80 valence electrons. The molecule has 0 aliphatic carbocycles. The number of carbonyl (C=O) groups is 2. The van der Waals surface area contributed by atoms with E-state index in [2.05, 4.69) is 17.9 Å². The summed E-state index contributed by atoms with van der Waals surface area (Å²) in [6.07, 6.45) is -0.324. The van der Waals surface area contributed by atoms with Crippen LogP contribution in [0.25, 0.3) is 0 Å². The second-order valence-electron chi connectivity index (χ2n) is 3.21. The van der Waals surface area contributed by atoms with Crippen LogP contribution in [0.1, 0.15) is 13.3 Å². The number of ether oxygens (including phenoxy) is 1. The van der Waals surface area contributed by atoms with E-state index in [1.807, 2.05) is 0 Å². The van der Waals surface area contributed by atoms with Crippen molar-refractivity contribution < 1.29 is 19.4 Å². The topological polar surface area (TPSA) is 75.6 Å². The third kappa shape index (κ3) is 2.62. The van der Waals surface area contributed by atoms with Crippen molar-refractivity contribution in [3.63, 3.8) is 0 Å². The lowest BCUT2D eigenvalue weighted by atomic mass is 10.2. The van der Waals surface area contributed by atoms with Crippen LogP contribution >= 0.6 is 12.6 Å². The van der Waals surface area contributed by atoms with Crippen molar-refractivity contribution >= 4 is 24.6 Å². The second kappa shape index (κ2) is 4.65. The Bertz CT molecular complexity index is 245. The van der Waals surface area contributed by atoms with Crippen LogP contribution in [0.3, 0.4) is 0 Å². The van der Waals surface area contributed by atoms with Gasteiger partial charge in [-0.3, -0.25) is 4.79 Å². The number of thiol groups is 1. The summed E-state index contributed by atoms with van der Waals surface area (Å²) in [6, 6.07) is -0.486. The molecule has 1 saturated heterocycles. The van der Waals surface area contributed by atoms with E-state index in [-0.39, 0.29) is 5.25 Å². The van der Waals surface area contributed by atoms with E-state index < -0.39 is 24.1 Å². The van der Waals surface area contributed by atoms with Crippen LogP contribution in [-0.2, 0) is 14.3 Å². The van der Waals surface area contributed by atoms with Gasteiger partial charge in [0.15, 0.2) is 6.10 Å². The molecule has 1 heterocycles. The first kappa shape index (κ1) is 11.3. The summed E-state index contributed by atoms with van der Waals surface area (Å²) >= 11 is 4.19. The molecule has 5 nitrogen and oxygen atoms in total. The highest BCUT2D eigenvalue weighted by atomic mass is 32.1. The van der Waals surface area contributed by atoms with Crippen LogP contribution in [0.15, 0.2) is 0 Å². The Labute approximate surface area is 87.2 Å². The molecule has 1 aliphatic rings. The van der Waals surface area contributed by atoms with Crippen LogP contribution in [-0.4, -0.2) is 41.0 Å². The molecular weight excluding hydrogens is 206 g/mol. The number of hydrogen-bond acceptors (Lipinski definition) is 5. The molecule has 1 fully saturated rings. The van der Waals surface area contributed by atoms with E-state index in [1.54, 1.807) is 0 Å². The van der Waals surface area contributed by atoms with Gasteiger partial charge in [-0.2, -0.15) is 12.6 Å². The lowest BCUT2D eigenvalue weighted by Crippen LogP contribution is -2.40. The van der Waals surface area contributed by atoms with Gasteiger partial charge in [-0.15, -0.1) is 0 Å². The molecule has 1 aliphatic heterocycles. The van der Waals surface area contributed by atoms with Crippen LogP contribution in [0.4, 0.5) is 0 Å². The number of carboxylic acid groups (broad SMARTS) is 1. The summed E-state index contributed by atoms with van der Waals surface area (Å²) in [5.41, 5.74) is 0. The van der Waals surface area contributed by atoms with E-state index >= 15 is 0 Å². The minimum absolute atomic E-state index is 0.0940. The zero-order chi connectivity index (χ0) is 10.7. The van der Waals surface area contributed by atoms with Gasteiger partial charge >= 0.3 is 11.9 Å². The maximum atomic E-state index is 11.4. The Morgan fingerprint density at radius 2 is 2.29 bits per heavy atom. The largest absolute Gasteiger partial charge is 0.479 e. The first-order chi connectivity index (χ1) is 6.52. The van der Waals surface area contributed by atoms with Gasteiger partial charge in [0.25, 0.3) is 0 Å². The third-order valence-electron chi connectivity index (χ3n) is 2.08. The first-order valence-corrected chi connectivity index (χ1v) is 4.88. The Morgan fingerprint density at radius 1 is 1.64 bits per heavy atom. The minimum Gasteiger partial charge on any atom is -0.479 e. The van der Waals surface area contributed by atoms with Crippen molar-refractivity contribution in [2.75, 3.05) is 6.54 Å². The quantitative estimate of drug-likeness (QED) is 0.447. The standard InChI is InChI=1S/C8H13NO4S/c1-4(7(10)11)13-8(12)6-5(14)2-3-9-6/h4-6,9,14H,2-3H2,1H3,(H,10,11). The molecule has 0 aromatic rings. The summed E-state index contributed by atoms with van der Waals surface area (Å²) in [4.78, 5) is 21.8. The fourth-order valence-corrected chi connectivity index (χ4v) is 1.58. The summed E-state index contributed by atoms with van der Waals surface area (Å²) in [6.45, 7) is 2.03. The minimum atomic E-state index is -1.15. The highest BCUT2D eigenvalue weighted by Crippen LogP contribution is 2.15. The molecule has 6 heteroatoms. The Balaban J connectivity index is 2.45. The van der Waals surface area contributed by atoms with E-state index in [0.717, 1.165) is 6.42 Å². The monoisotopic (exact) mass is 219 g/mol. The lowest BCUT2D eigenvalue weighted by molar-refractivity contribution is -0.163. The molecule has 1 rings (SSSR count). The number of aliphatic carboxylic acids is 1. The maximum absolute atomic E-state index is 11.4. The SMILES string of the molecule is CC(OC(=O)C1NCCC1S)C(=O)O. The number of carboxylic acids is 1. The molecule has 14 heavy (non-hydrogen) atoms. The van der Waals surface area contributed by atoms with Gasteiger partial charge in [-0.05, 0) is 19.9 Å². The summed E-state index contributed by atoms with van der Waals surface area (Å²) in [5, 5.41) is 11.3. The number of esters is 1. The zero-order valence-corrected chi connectivity index (χ0v) is 8.66. The predicted molar refractivity (Wildman–Crippen MR) is 52.4 cm³/mol. The first-order valence-electron chi connectivity index (χ1n) is 4.37. The van der Waals surface area contributed by atoms with E-state index in [9.17, 15) is 9.59 Å². The molecule has 3 atom stereocenters. The van der Waals surface area contributed by atoms with Crippen LogP contribution in [0.5, 0.6) is 0 Å². The summed E-state index contributed by atoms with van der Waals surface area (Å²) in [5.74, 6) is -1.69. The smallest absolute Gasteiger partial charge is 0.344 e. The van der Waals surface area contributed by atoms with E-state index in [0.29, 0.717) is 6.54 Å². The van der Waals surface area contributed by atoms with Gasteiger partial charge in [0.1, 0.15) is 6.04 Å². The van der Waals surface area contributed by atoms with Crippen LogP contribution in [0, 0.1) is 0 Å². The van der Waals surface area contributed by atoms with Crippen molar-refractivity contribution in [2.45, 2.75) is 30.7 Å². The van der Waals surface area contributed by atoms with Crippen molar-refractivity contribution in [1.29, 1.82) is 0 Å². The van der Waals surface area contributed by atoms with Gasteiger partial charge in [-0.25, -0.2) is 4.79 Å². The van der Waals surface area contributed by atoms with Gasteiger partial charge in [0.05, 0.1) is 0 Å². The average molecular weight is 219 g/mol. The Morgan fingerprint density at radius 3 is 2.71 bits per heavy atom. The van der Waals surface area contributed by atoms with E-state index in [1.165, 1.54) is 6.92 Å². The van der Waals surface area contributed by atoms with Crippen molar-refractivity contribution in [3.05, 3.63) is 0 Å². The lowest BCUT2D eigenvalue weighted by Gasteiger charge is -2.15. The number of hydrogen-bond donors (Lipinski definition) is 3. The van der Waals surface area contributed by atoms with Gasteiger partial charge in [0, 0.05) is 5.25 Å². The van der Waals surface area contributed by atoms with Crippen molar-refractivity contribution in [3.8, 4) is 0 Å². The molecule has 0 aromatic heterocycles. The molecule has 0 bridgehead atoms. The van der Waals surface area contributed by atoms with Crippen molar-refractivity contribution in [2.24, 2.45) is 0 Å². The average Bonchev–Trinajstić information content (AvgIpc) is 2.51. The van der Waals surface area contributed by atoms with E-state index in [4.69, 9.17) is 9.84 Å². The number of carbonyl (C=O) groups excluding carboxylic acids is 1. The number of nitrogens with one attached hydrogen (secondary N) is 1. The van der Waals surface area contributed by atoms with Gasteiger partial charge in [0.2, 0.25) is 0 Å².